The van der Waals surface area contributed by atoms with E-state index in [9.17, 15) is 24.0 Å². The molecule has 3 rings (SSSR count). The van der Waals surface area contributed by atoms with E-state index >= 15 is 0 Å². The molecule has 2 heterocycles. The molecule has 1 saturated heterocycles. The molecule has 1 aliphatic rings. The van der Waals surface area contributed by atoms with Crippen molar-refractivity contribution in [3.63, 3.8) is 0 Å². The van der Waals surface area contributed by atoms with E-state index in [2.05, 4.69) is 12.0 Å². The lowest BCUT2D eigenvalue weighted by atomic mass is 9.98. The summed E-state index contributed by atoms with van der Waals surface area (Å²) in [5.41, 5.74) is -0.928. The van der Waals surface area contributed by atoms with Gasteiger partial charge in [-0.25, -0.2) is 4.79 Å². The molecule has 0 amide bonds. The first-order valence-electron chi connectivity index (χ1n) is 12.7. The Morgan fingerprint density at radius 1 is 0.881 bits per heavy atom. The molecule has 0 N–H and O–H groups in total. The average molecular weight is 591 g/mol. The van der Waals surface area contributed by atoms with Crippen LogP contribution in [0.5, 0.6) is 17.2 Å². The van der Waals surface area contributed by atoms with Gasteiger partial charge in [0.25, 0.3) is 5.75 Å². The van der Waals surface area contributed by atoms with Crippen molar-refractivity contribution in [3.05, 3.63) is 28.6 Å². The van der Waals surface area contributed by atoms with E-state index in [4.69, 9.17) is 42.3 Å². The Morgan fingerprint density at radius 3 is 2.12 bits per heavy atom. The third-order valence-corrected chi connectivity index (χ3v) is 5.54. The normalized spacial score (nSPS) is 21.2. The summed E-state index contributed by atoms with van der Waals surface area (Å²) < 4.78 is 49.6. The van der Waals surface area contributed by atoms with E-state index in [0.717, 1.165) is 27.7 Å². The molecule has 0 spiro atoms. The fraction of sp³-hybridized carbons (Fsp3) is 0.464. The second-order valence-electron chi connectivity index (χ2n) is 8.78. The molecular formula is C28H30O14. The highest BCUT2D eigenvalue weighted by molar-refractivity contribution is 5.86. The van der Waals surface area contributed by atoms with Gasteiger partial charge in [-0.05, 0) is 19.1 Å². The molecule has 1 aromatic carbocycles. The van der Waals surface area contributed by atoms with Gasteiger partial charge < -0.3 is 42.3 Å². The molecule has 0 saturated carbocycles. The van der Waals surface area contributed by atoms with Gasteiger partial charge >= 0.3 is 29.5 Å². The molecule has 2 aromatic rings. The molecule has 0 bridgehead atoms. The van der Waals surface area contributed by atoms with Crippen LogP contribution in [0.15, 0.2) is 27.4 Å². The molecule has 1 aromatic heterocycles. The van der Waals surface area contributed by atoms with Crippen LogP contribution in [0, 0.1) is 12.0 Å². The first kappa shape index (κ1) is 31.8. The second-order valence-corrected chi connectivity index (χ2v) is 8.78. The summed E-state index contributed by atoms with van der Waals surface area (Å²) in [6.45, 7) is 7.53. The summed E-state index contributed by atoms with van der Waals surface area (Å²) in [5.74, 6) is -0.940. The summed E-state index contributed by atoms with van der Waals surface area (Å²) in [5, 5.41) is 0.207. The highest BCUT2D eigenvalue weighted by Gasteiger charge is 2.53. The number of esters is 4. The maximum atomic E-state index is 13.0. The standard InChI is InChI=1S/C28H30O14/c1-7-11-35-25-22(19-10-9-18(34-8-2)12-20(19)40-27(25)33)42-28-26(39-17(6)32)24(38-16(5)31)23(37-15(4)30)21(41-28)13-36-14(3)29/h9-10,12,21,23-24,26,28H,8,13H2,1-6H3/t21-,23+,24+,26-,28+/m1/s1. The first-order chi connectivity index (χ1) is 19.9. The molecule has 0 aliphatic carbocycles. The van der Waals surface area contributed by atoms with Gasteiger partial charge in [0.05, 0.1) is 12.0 Å². The predicted octanol–water partition coefficient (Wildman–Crippen LogP) is 2.01. The number of hydrogen-bond acceptors (Lipinski definition) is 14. The van der Waals surface area contributed by atoms with Crippen molar-refractivity contribution in [1.29, 1.82) is 0 Å². The van der Waals surface area contributed by atoms with E-state index < -0.39 is 72.6 Å². The van der Waals surface area contributed by atoms with Crippen molar-refractivity contribution in [1.82, 2.24) is 0 Å². The van der Waals surface area contributed by atoms with Crippen molar-refractivity contribution in [3.8, 4) is 29.3 Å². The number of carbonyl (C=O) groups excluding carboxylic acids is 4. The fourth-order valence-electron chi connectivity index (χ4n) is 4.10. The molecule has 5 atom stereocenters. The number of carbonyl (C=O) groups is 4. The third-order valence-electron chi connectivity index (χ3n) is 5.54. The SMILES string of the molecule is CC#COc1c(O[C@@H]2O[C@H](COC(C)=O)[C@H](OC(C)=O)[C@H](OC(C)=O)[C@H]2OC(C)=O)c2ccc(OCC)cc2oc1=O. The number of ether oxygens (including phenoxy) is 8. The Balaban J connectivity index is 2.21. The number of hydrogen-bond donors (Lipinski definition) is 0. The Bertz CT molecular complexity index is 1450. The van der Waals surface area contributed by atoms with Crippen LogP contribution < -0.4 is 19.8 Å². The predicted molar refractivity (Wildman–Crippen MR) is 140 cm³/mol. The summed E-state index contributed by atoms with van der Waals surface area (Å²) in [6, 6.07) is 4.56. The van der Waals surface area contributed by atoms with Crippen molar-refractivity contribution in [2.45, 2.75) is 72.2 Å². The zero-order valence-electron chi connectivity index (χ0n) is 23.7. The summed E-state index contributed by atoms with van der Waals surface area (Å²) in [7, 11) is 0. The minimum Gasteiger partial charge on any atom is -0.494 e. The molecular weight excluding hydrogens is 560 g/mol. The number of rotatable bonds is 10. The maximum absolute atomic E-state index is 13.0. The van der Waals surface area contributed by atoms with Crippen LogP contribution in [-0.2, 0) is 42.9 Å². The van der Waals surface area contributed by atoms with Gasteiger partial charge in [0.2, 0.25) is 12.4 Å². The zero-order chi connectivity index (χ0) is 31.0. The Labute approximate surface area is 240 Å². The maximum Gasteiger partial charge on any atom is 0.384 e. The Hall–Kier alpha value is -4.77. The van der Waals surface area contributed by atoms with Gasteiger partial charge in [0, 0.05) is 40.7 Å². The van der Waals surface area contributed by atoms with Gasteiger partial charge in [-0.3, -0.25) is 19.2 Å². The number of fused-ring (bicyclic) bond motifs is 1. The topological polar surface area (TPSA) is 172 Å². The van der Waals surface area contributed by atoms with Crippen LogP contribution in [0.1, 0.15) is 41.5 Å². The summed E-state index contributed by atoms with van der Waals surface area (Å²) >= 11 is 0. The molecule has 14 nitrogen and oxygen atoms in total. The lowest BCUT2D eigenvalue weighted by Gasteiger charge is -2.43. The van der Waals surface area contributed by atoms with Gasteiger partial charge in [-0.2, -0.15) is 0 Å². The molecule has 0 unspecified atom stereocenters. The quantitative estimate of drug-likeness (QED) is 0.170. The largest absolute Gasteiger partial charge is 0.494 e. The lowest BCUT2D eigenvalue weighted by molar-refractivity contribution is -0.288. The minimum atomic E-state index is -1.64. The van der Waals surface area contributed by atoms with Crippen molar-refractivity contribution >= 4 is 34.8 Å². The highest BCUT2D eigenvalue weighted by atomic mass is 16.7. The smallest absolute Gasteiger partial charge is 0.384 e. The molecule has 42 heavy (non-hydrogen) atoms. The second kappa shape index (κ2) is 14.2. The van der Waals surface area contributed by atoms with Crippen LogP contribution in [0.25, 0.3) is 11.0 Å². The lowest BCUT2D eigenvalue weighted by Crippen LogP contribution is -2.63. The van der Waals surface area contributed by atoms with Crippen molar-refractivity contribution in [2.24, 2.45) is 0 Å². The van der Waals surface area contributed by atoms with Gasteiger partial charge in [-0.1, -0.05) is 5.92 Å². The van der Waals surface area contributed by atoms with Crippen molar-refractivity contribution < 1.29 is 61.5 Å². The minimum absolute atomic E-state index is 0.0448. The number of benzene rings is 1. The van der Waals surface area contributed by atoms with Crippen molar-refractivity contribution in [2.75, 3.05) is 13.2 Å². The molecule has 14 heteroatoms. The third kappa shape index (κ3) is 7.91. The summed E-state index contributed by atoms with van der Waals surface area (Å²) in [6.07, 6.45) is -5.07. The van der Waals surface area contributed by atoms with Gasteiger partial charge in [0.15, 0.2) is 18.0 Å². The highest BCUT2D eigenvalue weighted by Crippen LogP contribution is 2.38. The monoisotopic (exact) mass is 590 g/mol. The van der Waals surface area contributed by atoms with E-state index in [1.54, 1.807) is 13.0 Å². The van der Waals surface area contributed by atoms with Crippen LogP contribution in [-0.4, -0.2) is 67.8 Å². The first-order valence-corrected chi connectivity index (χ1v) is 12.7. The van der Waals surface area contributed by atoms with Crippen LogP contribution in [0.3, 0.4) is 0 Å². The Kier molecular flexibility index (Phi) is 10.8. The molecule has 1 aliphatic heterocycles. The van der Waals surface area contributed by atoms with E-state index in [0.29, 0.717) is 12.4 Å². The van der Waals surface area contributed by atoms with E-state index in [-0.39, 0.29) is 16.7 Å². The average Bonchev–Trinajstić information content (AvgIpc) is 2.89. The Morgan fingerprint density at radius 2 is 1.52 bits per heavy atom. The van der Waals surface area contributed by atoms with Gasteiger partial charge in [0.1, 0.15) is 30.1 Å². The van der Waals surface area contributed by atoms with Crippen LogP contribution >= 0.6 is 0 Å². The van der Waals surface area contributed by atoms with E-state index in [1.165, 1.54) is 19.1 Å². The van der Waals surface area contributed by atoms with Gasteiger partial charge in [-0.15, -0.1) is 0 Å². The van der Waals surface area contributed by atoms with E-state index in [1.807, 2.05) is 0 Å². The fourth-order valence-corrected chi connectivity index (χ4v) is 4.10. The van der Waals surface area contributed by atoms with Crippen LogP contribution in [0.4, 0.5) is 0 Å². The molecule has 0 radical (unpaired) electrons. The zero-order valence-corrected chi connectivity index (χ0v) is 23.7. The molecule has 226 valence electrons. The summed E-state index contributed by atoms with van der Waals surface area (Å²) in [4.78, 5) is 60.8. The molecule has 1 fully saturated rings. The van der Waals surface area contributed by atoms with Crippen LogP contribution in [0.2, 0.25) is 0 Å².